The van der Waals surface area contributed by atoms with Crippen LogP contribution in [0.3, 0.4) is 0 Å². The summed E-state index contributed by atoms with van der Waals surface area (Å²) in [6.07, 6.45) is 6.75. The lowest BCUT2D eigenvalue weighted by molar-refractivity contribution is -0.155. The van der Waals surface area contributed by atoms with Crippen molar-refractivity contribution < 1.29 is 9.59 Å². The summed E-state index contributed by atoms with van der Waals surface area (Å²) in [6.45, 7) is 7.26. The number of piperazine rings is 1. The van der Waals surface area contributed by atoms with Crippen LogP contribution in [0.5, 0.6) is 0 Å². The van der Waals surface area contributed by atoms with E-state index in [-0.39, 0.29) is 18.4 Å². The number of nitrogens with zero attached hydrogens (tertiary/aromatic N) is 1. The Kier molecular flexibility index (Phi) is 4.71. The van der Waals surface area contributed by atoms with Crippen LogP contribution in [0.15, 0.2) is 0 Å². The van der Waals surface area contributed by atoms with E-state index in [2.05, 4.69) is 19.2 Å². The first-order valence-corrected chi connectivity index (χ1v) is 8.12. The van der Waals surface area contributed by atoms with Crippen LogP contribution in [0, 0.1) is 11.8 Å². The van der Waals surface area contributed by atoms with Crippen LogP contribution in [0.25, 0.3) is 0 Å². The molecule has 1 N–H and O–H groups in total. The SMILES string of the molecule is CCCCC(CC)CN1C(=O)CNC(=O)C1(C)C1CC1. The highest BCUT2D eigenvalue weighted by Gasteiger charge is 2.54. The van der Waals surface area contributed by atoms with Crippen molar-refractivity contribution in [2.24, 2.45) is 11.8 Å². The molecule has 2 atom stereocenters. The van der Waals surface area contributed by atoms with Gasteiger partial charge in [0.2, 0.25) is 11.8 Å². The van der Waals surface area contributed by atoms with E-state index in [0.717, 1.165) is 32.2 Å². The molecule has 0 aromatic heterocycles. The third-order valence-electron chi connectivity index (χ3n) is 5.08. The lowest BCUT2D eigenvalue weighted by Gasteiger charge is -2.45. The van der Waals surface area contributed by atoms with Crippen LogP contribution in [0.2, 0.25) is 0 Å². The van der Waals surface area contributed by atoms with E-state index in [9.17, 15) is 9.59 Å². The number of rotatable bonds is 7. The van der Waals surface area contributed by atoms with E-state index in [0.29, 0.717) is 11.8 Å². The van der Waals surface area contributed by atoms with Crippen molar-refractivity contribution >= 4 is 11.8 Å². The quantitative estimate of drug-likeness (QED) is 0.778. The van der Waals surface area contributed by atoms with E-state index in [1.165, 1.54) is 12.8 Å². The molecule has 2 aliphatic rings. The summed E-state index contributed by atoms with van der Waals surface area (Å²) in [5, 5.41) is 2.78. The summed E-state index contributed by atoms with van der Waals surface area (Å²) in [5.74, 6) is 1.01. The van der Waals surface area contributed by atoms with Gasteiger partial charge in [-0.05, 0) is 38.0 Å². The fourth-order valence-electron chi connectivity index (χ4n) is 3.33. The molecule has 2 fully saturated rings. The monoisotopic (exact) mass is 280 g/mol. The van der Waals surface area contributed by atoms with Crippen LogP contribution in [0.1, 0.15) is 59.3 Å². The molecule has 4 nitrogen and oxygen atoms in total. The Morgan fingerprint density at radius 1 is 1.35 bits per heavy atom. The lowest BCUT2D eigenvalue weighted by atomic mass is 9.87. The van der Waals surface area contributed by atoms with Gasteiger partial charge in [0.15, 0.2) is 0 Å². The molecule has 2 rings (SSSR count). The van der Waals surface area contributed by atoms with E-state index in [4.69, 9.17) is 0 Å². The summed E-state index contributed by atoms with van der Waals surface area (Å²) >= 11 is 0. The highest BCUT2D eigenvalue weighted by molar-refractivity contribution is 5.98. The van der Waals surface area contributed by atoms with Gasteiger partial charge in [-0.25, -0.2) is 0 Å². The summed E-state index contributed by atoms with van der Waals surface area (Å²) in [5.41, 5.74) is -0.602. The third-order valence-corrected chi connectivity index (χ3v) is 5.08. The van der Waals surface area contributed by atoms with Crippen molar-refractivity contribution in [3.8, 4) is 0 Å². The van der Waals surface area contributed by atoms with Crippen molar-refractivity contribution in [1.29, 1.82) is 0 Å². The number of hydrogen-bond acceptors (Lipinski definition) is 2. The zero-order chi connectivity index (χ0) is 14.8. The van der Waals surface area contributed by atoms with Crippen molar-refractivity contribution in [3.63, 3.8) is 0 Å². The standard InChI is InChI=1S/C16H28N2O2/c1-4-6-7-12(5-2)11-18-14(19)10-17-15(20)16(18,3)13-8-9-13/h12-13H,4-11H2,1-3H3,(H,17,20). The Bertz CT molecular complexity index is 379. The maximum atomic E-state index is 12.3. The number of nitrogens with one attached hydrogen (secondary N) is 1. The molecule has 1 saturated heterocycles. The minimum absolute atomic E-state index is 0.0462. The highest BCUT2D eigenvalue weighted by atomic mass is 16.2. The smallest absolute Gasteiger partial charge is 0.246 e. The van der Waals surface area contributed by atoms with Crippen LogP contribution in [-0.2, 0) is 9.59 Å². The molecule has 1 saturated carbocycles. The molecule has 114 valence electrons. The Morgan fingerprint density at radius 3 is 2.60 bits per heavy atom. The number of amides is 2. The van der Waals surface area contributed by atoms with Gasteiger partial charge < -0.3 is 10.2 Å². The molecular weight excluding hydrogens is 252 g/mol. The second kappa shape index (κ2) is 6.15. The van der Waals surface area contributed by atoms with Gasteiger partial charge in [-0.1, -0.05) is 33.1 Å². The average molecular weight is 280 g/mol. The van der Waals surface area contributed by atoms with Crippen molar-refractivity contribution in [2.75, 3.05) is 13.1 Å². The summed E-state index contributed by atoms with van der Waals surface area (Å²) in [7, 11) is 0. The topological polar surface area (TPSA) is 49.4 Å². The first-order chi connectivity index (χ1) is 9.53. The van der Waals surface area contributed by atoms with Crippen LogP contribution >= 0.6 is 0 Å². The van der Waals surface area contributed by atoms with Crippen LogP contribution < -0.4 is 5.32 Å². The molecule has 0 bridgehead atoms. The molecule has 20 heavy (non-hydrogen) atoms. The lowest BCUT2D eigenvalue weighted by Crippen LogP contribution is -2.67. The third kappa shape index (κ3) is 2.84. The van der Waals surface area contributed by atoms with Crippen molar-refractivity contribution in [1.82, 2.24) is 10.2 Å². The van der Waals surface area contributed by atoms with Gasteiger partial charge in [-0.3, -0.25) is 9.59 Å². The normalized spacial score (nSPS) is 28.4. The largest absolute Gasteiger partial charge is 0.345 e. The van der Waals surface area contributed by atoms with Crippen LogP contribution in [0.4, 0.5) is 0 Å². The highest BCUT2D eigenvalue weighted by Crippen LogP contribution is 2.44. The van der Waals surface area contributed by atoms with Crippen LogP contribution in [-0.4, -0.2) is 35.3 Å². The molecule has 1 aliphatic heterocycles. The van der Waals surface area contributed by atoms with Gasteiger partial charge in [0.05, 0.1) is 6.54 Å². The summed E-state index contributed by atoms with van der Waals surface area (Å²) < 4.78 is 0. The number of carbonyl (C=O) groups is 2. The predicted molar refractivity (Wildman–Crippen MR) is 79.2 cm³/mol. The number of carbonyl (C=O) groups excluding carboxylic acids is 2. The van der Waals surface area contributed by atoms with Gasteiger partial charge in [-0.15, -0.1) is 0 Å². The maximum absolute atomic E-state index is 12.3. The van der Waals surface area contributed by atoms with E-state index in [1.807, 2.05) is 11.8 Å². The zero-order valence-corrected chi connectivity index (χ0v) is 13.1. The van der Waals surface area contributed by atoms with Gasteiger partial charge in [0.1, 0.15) is 5.54 Å². The first kappa shape index (κ1) is 15.3. The summed E-state index contributed by atoms with van der Waals surface area (Å²) in [6, 6.07) is 0. The van der Waals surface area contributed by atoms with E-state index < -0.39 is 5.54 Å². The Balaban J connectivity index is 2.12. The zero-order valence-electron chi connectivity index (χ0n) is 13.1. The Hall–Kier alpha value is -1.06. The fourth-order valence-corrected chi connectivity index (χ4v) is 3.33. The molecule has 2 unspecified atom stereocenters. The first-order valence-electron chi connectivity index (χ1n) is 8.12. The summed E-state index contributed by atoms with van der Waals surface area (Å²) in [4.78, 5) is 26.6. The maximum Gasteiger partial charge on any atom is 0.246 e. The molecule has 1 aliphatic carbocycles. The second-order valence-corrected chi connectivity index (χ2v) is 6.53. The van der Waals surface area contributed by atoms with Gasteiger partial charge >= 0.3 is 0 Å². The fraction of sp³-hybridized carbons (Fsp3) is 0.875. The average Bonchev–Trinajstić information content (AvgIpc) is 3.27. The molecule has 0 aromatic rings. The number of hydrogen-bond donors (Lipinski definition) is 1. The molecule has 2 amide bonds. The van der Waals surface area contributed by atoms with Crippen molar-refractivity contribution in [3.05, 3.63) is 0 Å². The van der Waals surface area contributed by atoms with Gasteiger partial charge in [-0.2, -0.15) is 0 Å². The molecular formula is C16H28N2O2. The van der Waals surface area contributed by atoms with Crippen molar-refractivity contribution in [2.45, 2.75) is 64.8 Å². The molecule has 1 heterocycles. The van der Waals surface area contributed by atoms with Gasteiger partial charge in [0.25, 0.3) is 0 Å². The minimum atomic E-state index is -0.602. The predicted octanol–water partition coefficient (Wildman–Crippen LogP) is 2.33. The second-order valence-electron chi connectivity index (χ2n) is 6.53. The Labute approximate surface area is 122 Å². The molecule has 0 spiro atoms. The minimum Gasteiger partial charge on any atom is -0.345 e. The molecule has 4 heteroatoms. The van der Waals surface area contributed by atoms with E-state index in [1.54, 1.807) is 0 Å². The molecule has 0 aromatic carbocycles. The number of unbranched alkanes of at least 4 members (excludes halogenated alkanes) is 1. The Morgan fingerprint density at radius 2 is 2.05 bits per heavy atom. The van der Waals surface area contributed by atoms with E-state index >= 15 is 0 Å². The van der Waals surface area contributed by atoms with Gasteiger partial charge in [0, 0.05) is 6.54 Å². The molecule has 0 radical (unpaired) electrons.